The zero-order valence-corrected chi connectivity index (χ0v) is 16.0. The maximum absolute atomic E-state index is 4.35. The lowest BCUT2D eigenvalue weighted by Crippen LogP contribution is -2.40. The molecule has 0 atom stereocenters. The predicted octanol–water partition coefficient (Wildman–Crippen LogP) is 3.19. The van der Waals surface area contributed by atoms with Crippen LogP contribution >= 0.6 is 0 Å². The van der Waals surface area contributed by atoms with E-state index in [-0.39, 0.29) is 5.92 Å². The van der Waals surface area contributed by atoms with Crippen LogP contribution in [0.4, 0.5) is 0 Å². The van der Waals surface area contributed by atoms with Crippen molar-refractivity contribution in [3.63, 3.8) is 0 Å². The highest BCUT2D eigenvalue weighted by atomic mass is 15.3. The van der Waals surface area contributed by atoms with Crippen molar-refractivity contribution in [2.75, 3.05) is 20.1 Å². The quantitative estimate of drug-likeness (QED) is 0.502. The highest BCUT2D eigenvalue weighted by Gasteiger charge is 2.14. The largest absolute Gasteiger partial charge is 0.355 e. The van der Waals surface area contributed by atoms with E-state index in [0.717, 1.165) is 25.6 Å². The Morgan fingerprint density at radius 2 is 1.63 bits per heavy atom. The minimum absolute atomic E-state index is 0.264. The van der Waals surface area contributed by atoms with Gasteiger partial charge in [0.05, 0.1) is 12.7 Å². The molecule has 0 radical (unpaired) electrons. The molecular weight excluding hydrogens is 334 g/mol. The van der Waals surface area contributed by atoms with Gasteiger partial charge in [-0.05, 0) is 23.6 Å². The second-order valence-corrected chi connectivity index (χ2v) is 6.53. The molecule has 0 aliphatic rings. The van der Waals surface area contributed by atoms with E-state index in [2.05, 4.69) is 81.4 Å². The Kier molecular flexibility index (Phi) is 6.63. The number of aromatic nitrogens is 2. The van der Waals surface area contributed by atoms with Gasteiger partial charge in [-0.25, -0.2) is 0 Å². The molecular formula is C22H27N5. The zero-order chi connectivity index (χ0) is 18.9. The lowest BCUT2D eigenvalue weighted by atomic mass is 9.91. The first-order valence-corrected chi connectivity index (χ1v) is 9.29. The molecule has 3 rings (SSSR count). The van der Waals surface area contributed by atoms with Gasteiger partial charge in [0.15, 0.2) is 5.96 Å². The Balaban J connectivity index is 1.60. The van der Waals surface area contributed by atoms with Gasteiger partial charge in [-0.1, -0.05) is 60.7 Å². The van der Waals surface area contributed by atoms with E-state index in [1.54, 1.807) is 7.05 Å². The van der Waals surface area contributed by atoms with Crippen LogP contribution in [0.2, 0.25) is 0 Å². The molecule has 1 heterocycles. The number of nitrogens with one attached hydrogen (secondary N) is 2. The number of hydrogen-bond donors (Lipinski definition) is 2. The Hall–Kier alpha value is -3.08. The Morgan fingerprint density at radius 3 is 2.15 bits per heavy atom. The van der Waals surface area contributed by atoms with E-state index in [4.69, 9.17) is 0 Å². The third-order valence-electron chi connectivity index (χ3n) is 4.50. The number of aryl methyl sites for hydroxylation is 1. The fraction of sp³-hybridized carbons (Fsp3) is 0.273. The van der Waals surface area contributed by atoms with E-state index in [9.17, 15) is 0 Å². The van der Waals surface area contributed by atoms with Gasteiger partial charge in [-0.2, -0.15) is 5.10 Å². The molecule has 0 aliphatic heterocycles. The van der Waals surface area contributed by atoms with Crippen molar-refractivity contribution in [1.29, 1.82) is 0 Å². The maximum atomic E-state index is 4.35. The van der Waals surface area contributed by atoms with Crippen LogP contribution in [0.3, 0.4) is 0 Å². The van der Waals surface area contributed by atoms with Crippen molar-refractivity contribution < 1.29 is 0 Å². The van der Waals surface area contributed by atoms with Crippen molar-refractivity contribution >= 4 is 5.96 Å². The molecule has 0 unspecified atom stereocenters. The first kappa shape index (κ1) is 18.7. The van der Waals surface area contributed by atoms with Gasteiger partial charge in [0.1, 0.15) is 0 Å². The summed E-state index contributed by atoms with van der Waals surface area (Å²) in [5.74, 6) is 1.07. The molecule has 0 saturated carbocycles. The molecule has 0 fully saturated rings. The van der Waals surface area contributed by atoms with Gasteiger partial charge in [0, 0.05) is 32.3 Å². The standard InChI is InChI=1S/C22H27N5/c1-18-15-26-27(17-18)14-13-24-22(23-2)25-16-21(19-9-5-3-6-10-19)20-11-7-4-8-12-20/h3-12,15,17,21H,13-14,16H2,1-2H3,(H2,23,24,25). The van der Waals surface area contributed by atoms with Crippen LogP contribution in [0.15, 0.2) is 78.0 Å². The van der Waals surface area contributed by atoms with Crippen molar-refractivity contribution in [2.45, 2.75) is 19.4 Å². The van der Waals surface area contributed by atoms with Gasteiger partial charge in [-0.3, -0.25) is 9.67 Å². The van der Waals surface area contributed by atoms with E-state index in [1.165, 1.54) is 16.7 Å². The number of benzene rings is 2. The summed E-state index contributed by atoms with van der Waals surface area (Å²) in [5, 5.41) is 11.1. The maximum Gasteiger partial charge on any atom is 0.191 e. The predicted molar refractivity (Wildman–Crippen MR) is 111 cm³/mol. The van der Waals surface area contributed by atoms with Crippen molar-refractivity contribution in [3.8, 4) is 0 Å². The van der Waals surface area contributed by atoms with E-state index in [1.807, 2.05) is 24.0 Å². The van der Waals surface area contributed by atoms with Gasteiger partial charge in [0.25, 0.3) is 0 Å². The summed E-state index contributed by atoms with van der Waals surface area (Å²) < 4.78 is 1.94. The molecule has 0 bridgehead atoms. The second kappa shape index (κ2) is 9.57. The van der Waals surface area contributed by atoms with Crippen molar-refractivity contribution in [2.24, 2.45) is 4.99 Å². The van der Waals surface area contributed by atoms with Gasteiger partial charge >= 0.3 is 0 Å². The lowest BCUT2D eigenvalue weighted by Gasteiger charge is -2.20. The third-order valence-corrected chi connectivity index (χ3v) is 4.50. The summed E-state index contributed by atoms with van der Waals surface area (Å²) in [6.45, 7) is 4.39. The van der Waals surface area contributed by atoms with Crippen LogP contribution in [0.1, 0.15) is 22.6 Å². The molecule has 0 saturated heterocycles. The molecule has 140 valence electrons. The van der Waals surface area contributed by atoms with Crippen molar-refractivity contribution in [1.82, 2.24) is 20.4 Å². The van der Waals surface area contributed by atoms with Gasteiger partial charge in [0.2, 0.25) is 0 Å². The smallest absolute Gasteiger partial charge is 0.191 e. The number of aliphatic imine (C=N–C) groups is 1. The number of hydrogen-bond acceptors (Lipinski definition) is 2. The highest BCUT2D eigenvalue weighted by molar-refractivity contribution is 5.79. The molecule has 0 spiro atoms. The molecule has 1 aromatic heterocycles. The molecule has 5 heteroatoms. The van der Waals surface area contributed by atoms with E-state index >= 15 is 0 Å². The van der Waals surface area contributed by atoms with Crippen LogP contribution in [0.25, 0.3) is 0 Å². The Labute approximate surface area is 161 Å². The molecule has 0 amide bonds. The molecule has 3 aromatic rings. The fourth-order valence-electron chi connectivity index (χ4n) is 3.10. The molecule has 0 aliphatic carbocycles. The van der Waals surface area contributed by atoms with Gasteiger partial charge in [-0.15, -0.1) is 0 Å². The topological polar surface area (TPSA) is 54.2 Å². The normalized spacial score (nSPS) is 11.6. The molecule has 5 nitrogen and oxygen atoms in total. The average Bonchev–Trinajstić information content (AvgIpc) is 3.13. The monoisotopic (exact) mass is 361 g/mol. The molecule has 2 N–H and O–H groups in total. The fourth-order valence-corrected chi connectivity index (χ4v) is 3.10. The Morgan fingerprint density at radius 1 is 1.00 bits per heavy atom. The summed E-state index contributed by atoms with van der Waals surface area (Å²) in [5.41, 5.74) is 3.75. The molecule has 27 heavy (non-hydrogen) atoms. The Bertz CT molecular complexity index is 800. The first-order valence-electron chi connectivity index (χ1n) is 9.29. The second-order valence-electron chi connectivity index (χ2n) is 6.53. The first-order chi connectivity index (χ1) is 13.3. The van der Waals surface area contributed by atoms with Crippen LogP contribution in [-0.2, 0) is 6.54 Å². The average molecular weight is 361 g/mol. The number of nitrogens with zero attached hydrogens (tertiary/aromatic N) is 3. The summed E-state index contributed by atoms with van der Waals surface area (Å²) in [6, 6.07) is 21.2. The highest BCUT2D eigenvalue weighted by Crippen LogP contribution is 2.23. The van der Waals surface area contributed by atoms with Crippen molar-refractivity contribution in [3.05, 3.63) is 89.7 Å². The van der Waals surface area contributed by atoms with Crippen LogP contribution < -0.4 is 10.6 Å². The third kappa shape index (κ3) is 5.45. The summed E-state index contributed by atoms with van der Waals surface area (Å²) in [7, 11) is 1.80. The summed E-state index contributed by atoms with van der Waals surface area (Å²) in [6.07, 6.45) is 3.91. The summed E-state index contributed by atoms with van der Waals surface area (Å²) >= 11 is 0. The van der Waals surface area contributed by atoms with Gasteiger partial charge < -0.3 is 10.6 Å². The SMILES string of the molecule is CN=C(NCCn1cc(C)cn1)NCC(c1ccccc1)c1ccccc1. The lowest BCUT2D eigenvalue weighted by molar-refractivity contribution is 0.596. The summed E-state index contributed by atoms with van der Waals surface area (Å²) in [4.78, 5) is 4.35. The van der Waals surface area contributed by atoms with E-state index < -0.39 is 0 Å². The van der Waals surface area contributed by atoms with Crippen LogP contribution in [-0.4, -0.2) is 35.9 Å². The minimum atomic E-state index is 0.264. The number of rotatable bonds is 7. The number of guanidine groups is 1. The zero-order valence-electron chi connectivity index (χ0n) is 16.0. The van der Waals surface area contributed by atoms with Crippen LogP contribution in [0.5, 0.6) is 0 Å². The molecule has 2 aromatic carbocycles. The van der Waals surface area contributed by atoms with Crippen LogP contribution in [0, 0.1) is 6.92 Å². The van der Waals surface area contributed by atoms with E-state index in [0.29, 0.717) is 0 Å². The minimum Gasteiger partial charge on any atom is -0.355 e.